The Morgan fingerprint density at radius 1 is 1.27 bits per heavy atom. The smallest absolute Gasteiger partial charge is 0.246 e. The zero-order chi connectivity index (χ0) is 15.3. The summed E-state index contributed by atoms with van der Waals surface area (Å²) in [6.45, 7) is 0.251. The minimum Gasteiger partial charge on any atom is -0.391 e. The summed E-state index contributed by atoms with van der Waals surface area (Å²) in [4.78, 5) is 29.4. The number of carbonyl (C=O) groups excluding carboxylic acids is 2. The summed E-state index contributed by atoms with van der Waals surface area (Å²) in [7, 11) is 0. The summed E-state index contributed by atoms with van der Waals surface area (Å²) < 4.78 is 0. The fourth-order valence-electron chi connectivity index (χ4n) is 3.49. The number of fused-ring (bicyclic) bond motifs is 2. The van der Waals surface area contributed by atoms with Crippen molar-refractivity contribution in [3.8, 4) is 0 Å². The van der Waals surface area contributed by atoms with Crippen molar-refractivity contribution in [2.45, 2.75) is 31.0 Å². The summed E-state index contributed by atoms with van der Waals surface area (Å²) in [5.41, 5.74) is 2.02. The van der Waals surface area contributed by atoms with Crippen molar-refractivity contribution >= 4 is 22.7 Å². The van der Waals surface area contributed by atoms with E-state index in [0.717, 1.165) is 16.5 Å². The van der Waals surface area contributed by atoms with E-state index in [0.29, 0.717) is 12.8 Å². The van der Waals surface area contributed by atoms with E-state index in [9.17, 15) is 14.7 Å². The first-order chi connectivity index (χ1) is 10.6. The van der Waals surface area contributed by atoms with Crippen molar-refractivity contribution < 1.29 is 14.7 Å². The van der Waals surface area contributed by atoms with Gasteiger partial charge in [-0.05, 0) is 11.6 Å². The van der Waals surface area contributed by atoms with E-state index in [4.69, 9.17) is 0 Å². The number of aromatic nitrogens is 1. The number of nitrogens with zero attached hydrogens (tertiary/aromatic N) is 1. The van der Waals surface area contributed by atoms with Crippen LogP contribution in [0.1, 0.15) is 12.0 Å². The average molecular weight is 299 g/mol. The van der Waals surface area contributed by atoms with Gasteiger partial charge >= 0.3 is 0 Å². The second-order valence-corrected chi connectivity index (χ2v) is 6.02. The predicted molar refractivity (Wildman–Crippen MR) is 80.1 cm³/mol. The van der Waals surface area contributed by atoms with E-state index in [1.54, 1.807) is 0 Å². The molecule has 2 amide bonds. The molecule has 2 aromatic rings. The number of aliphatic hydroxyl groups excluding tert-OH is 1. The Balaban J connectivity index is 1.60. The topological polar surface area (TPSA) is 85.4 Å². The summed E-state index contributed by atoms with van der Waals surface area (Å²) in [6, 6.07) is 6.81. The molecule has 4 rings (SSSR count). The summed E-state index contributed by atoms with van der Waals surface area (Å²) in [5.74, 6) is -0.271. The number of hydrogen-bond donors (Lipinski definition) is 3. The monoisotopic (exact) mass is 299 g/mol. The molecule has 6 nitrogen and oxygen atoms in total. The van der Waals surface area contributed by atoms with Gasteiger partial charge in [-0.3, -0.25) is 9.59 Å². The summed E-state index contributed by atoms with van der Waals surface area (Å²) in [6.07, 6.45) is 2.06. The van der Waals surface area contributed by atoms with E-state index < -0.39 is 18.2 Å². The Hall–Kier alpha value is -2.34. The third kappa shape index (κ3) is 1.99. The Morgan fingerprint density at radius 2 is 2.09 bits per heavy atom. The number of carbonyl (C=O) groups is 2. The van der Waals surface area contributed by atoms with Crippen LogP contribution in [-0.2, 0) is 16.0 Å². The maximum Gasteiger partial charge on any atom is 0.246 e. The minimum absolute atomic E-state index is 0.105. The molecular weight excluding hydrogens is 282 g/mol. The van der Waals surface area contributed by atoms with Crippen LogP contribution in [0.15, 0.2) is 30.5 Å². The number of hydrogen-bond acceptors (Lipinski definition) is 3. The number of para-hydroxylation sites is 1. The van der Waals surface area contributed by atoms with Crippen LogP contribution in [0.3, 0.4) is 0 Å². The SMILES string of the molecule is O=C1N[C@H](Cc2c[nH]c3ccccc23)C(=O)N2C[C@H](O)C[C@@H]12. The largest absolute Gasteiger partial charge is 0.391 e. The van der Waals surface area contributed by atoms with Gasteiger partial charge in [-0.15, -0.1) is 0 Å². The van der Waals surface area contributed by atoms with E-state index in [2.05, 4.69) is 10.3 Å². The predicted octanol–water partition coefficient (Wildman–Crippen LogP) is 0.171. The molecule has 2 fully saturated rings. The maximum absolute atomic E-state index is 12.6. The lowest BCUT2D eigenvalue weighted by Gasteiger charge is -2.34. The fourth-order valence-corrected chi connectivity index (χ4v) is 3.49. The number of aliphatic hydroxyl groups is 1. The third-order valence-corrected chi connectivity index (χ3v) is 4.58. The first kappa shape index (κ1) is 13.3. The van der Waals surface area contributed by atoms with Gasteiger partial charge in [0.25, 0.3) is 0 Å². The number of aromatic amines is 1. The minimum atomic E-state index is -0.605. The second-order valence-electron chi connectivity index (χ2n) is 6.02. The van der Waals surface area contributed by atoms with Crippen LogP contribution >= 0.6 is 0 Å². The van der Waals surface area contributed by atoms with E-state index >= 15 is 0 Å². The van der Waals surface area contributed by atoms with Crippen molar-refractivity contribution in [2.24, 2.45) is 0 Å². The van der Waals surface area contributed by atoms with Crippen LogP contribution in [-0.4, -0.2) is 51.5 Å². The Labute approximate surface area is 127 Å². The van der Waals surface area contributed by atoms with Crippen molar-refractivity contribution in [3.05, 3.63) is 36.0 Å². The third-order valence-electron chi connectivity index (χ3n) is 4.58. The highest BCUT2D eigenvalue weighted by Crippen LogP contribution is 2.25. The summed E-state index contributed by atoms with van der Waals surface area (Å²) >= 11 is 0. The van der Waals surface area contributed by atoms with Crippen LogP contribution in [0.4, 0.5) is 0 Å². The van der Waals surface area contributed by atoms with Gasteiger partial charge in [0.2, 0.25) is 11.8 Å². The van der Waals surface area contributed by atoms with E-state index in [1.165, 1.54) is 4.90 Å². The van der Waals surface area contributed by atoms with Gasteiger partial charge in [0.1, 0.15) is 12.1 Å². The molecule has 2 aliphatic rings. The number of piperazine rings is 1. The van der Waals surface area contributed by atoms with E-state index in [1.807, 2.05) is 30.5 Å². The molecule has 6 heteroatoms. The standard InChI is InChI=1S/C16H17N3O3/c20-10-6-14-15(21)18-13(16(22)19(14)8-10)5-9-7-17-12-4-2-1-3-11(9)12/h1-4,7,10,13-14,17,20H,5-6,8H2,(H,18,21)/t10-,13-,14+/m1/s1. The van der Waals surface area contributed by atoms with Gasteiger partial charge in [0.15, 0.2) is 0 Å². The lowest BCUT2D eigenvalue weighted by molar-refractivity contribution is -0.147. The molecule has 3 N–H and O–H groups in total. The molecule has 2 saturated heterocycles. The van der Waals surface area contributed by atoms with Crippen LogP contribution in [0.2, 0.25) is 0 Å². The molecule has 2 aliphatic heterocycles. The van der Waals surface area contributed by atoms with Gasteiger partial charge in [-0.1, -0.05) is 18.2 Å². The Kier molecular flexibility index (Phi) is 2.94. The molecule has 0 unspecified atom stereocenters. The molecule has 22 heavy (non-hydrogen) atoms. The van der Waals surface area contributed by atoms with Crippen LogP contribution in [0, 0.1) is 0 Å². The molecule has 1 aromatic heterocycles. The van der Waals surface area contributed by atoms with Crippen molar-refractivity contribution in [1.29, 1.82) is 0 Å². The maximum atomic E-state index is 12.6. The van der Waals surface area contributed by atoms with Crippen molar-refractivity contribution in [3.63, 3.8) is 0 Å². The Bertz CT molecular complexity index is 754. The molecule has 114 valence electrons. The van der Waals surface area contributed by atoms with Gasteiger partial charge in [0, 0.05) is 36.5 Å². The zero-order valence-corrected chi connectivity index (χ0v) is 12.0. The zero-order valence-electron chi connectivity index (χ0n) is 12.0. The number of H-pyrrole nitrogens is 1. The molecule has 0 bridgehead atoms. The number of benzene rings is 1. The highest BCUT2D eigenvalue weighted by molar-refractivity contribution is 5.98. The Morgan fingerprint density at radius 3 is 2.95 bits per heavy atom. The molecular formula is C16H17N3O3. The lowest BCUT2D eigenvalue weighted by Crippen LogP contribution is -2.61. The van der Waals surface area contributed by atoms with Crippen molar-refractivity contribution in [1.82, 2.24) is 15.2 Å². The number of nitrogens with one attached hydrogen (secondary N) is 2. The molecule has 0 spiro atoms. The van der Waals surface area contributed by atoms with Gasteiger partial charge in [-0.25, -0.2) is 0 Å². The normalized spacial score (nSPS) is 28.0. The molecule has 0 radical (unpaired) electrons. The average Bonchev–Trinajstić information content (AvgIpc) is 3.09. The summed E-state index contributed by atoms with van der Waals surface area (Å²) in [5, 5.41) is 13.6. The van der Waals surface area contributed by atoms with E-state index in [-0.39, 0.29) is 18.4 Å². The van der Waals surface area contributed by atoms with Crippen LogP contribution in [0.5, 0.6) is 0 Å². The second kappa shape index (κ2) is 4.84. The van der Waals surface area contributed by atoms with Gasteiger partial charge in [-0.2, -0.15) is 0 Å². The molecule has 3 heterocycles. The number of rotatable bonds is 2. The molecule has 3 atom stereocenters. The van der Waals surface area contributed by atoms with Crippen LogP contribution in [0.25, 0.3) is 10.9 Å². The quantitative estimate of drug-likeness (QED) is 0.739. The van der Waals surface area contributed by atoms with Gasteiger partial charge in [0.05, 0.1) is 6.10 Å². The molecule has 0 aliphatic carbocycles. The van der Waals surface area contributed by atoms with Gasteiger partial charge < -0.3 is 20.3 Å². The molecule has 0 saturated carbocycles. The van der Waals surface area contributed by atoms with Crippen LogP contribution < -0.4 is 5.32 Å². The number of amides is 2. The van der Waals surface area contributed by atoms with Crippen molar-refractivity contribution in [2.75, 3.05) is 6.54 Å². The molecule has 1 aromatic carbocycles. The highest BCUT2D eigenvalue weighted by Gasteiger charge is 2.45. The fraction of sp³-hybridized carbons (Fsp3) is 0.375. The highest BCUT2D eigenvalue weighted by atomic mass is 16.3. The lowest BCUT2D eigenvalue weighted by atomic mass is 10.0. The first-order valence-electron chi connectivity index (χ1n) is 7.47. The first-order valence-corrected chi connectivity index (χ1v) is 7.47.